The molecule has 0 bridgehead atoms. The lowest BCUT2D eigenvalue weighted by molar-refractivity contribution is -0.271. The lowest BCUT2D eigenvalue weighted by Crippen LogP contribution is -2.60. The number of carbonyl (C=O) groups is 2. The predicted octanol–water partition coefficient (Wildman–Crippen LogP) is 4.80. The van der Waals surface area contributed by atoms with E-state index in [-0.39, 0.29) is 61.0 Å². The van der Waals surface area contributed by atoms with Gasteiger partial charge in [-0.3, -0.25) is 9.59 Å². The highest BCUT2D eigenvalue weighted by Crippen LogP contribution is 2.52. The third-order valence-electron chi connectivity index (χ3n) is 7.34. The van der Waals surface area contributed by atoms with Gasteiger partial charge in [-0.1, -0.05) is 48.0 Å². The second-order valence-electron chi connectivity index (χ2n) is 9.07. The molecule has 0 aromatic heterocycles. The number of hydrogen-bond donors (Lipinski definition) is 1. The average Bonchev–Trinajstić information content (AvgIpc) is 2.81. The number of alkyl halides is 3. The Balaban J connectivity index is 1.65. The van der Waals surface area contributed by atoms with Crippen LogP contribution in [-0.2, 0) is 19.9 Å². The molecule has 0 saturated carbocycles. The molecule has 35 heavy (non-hydrogen) atoms. The Bertz CT molecular complexity index is 1080. The number of piperidine rings is 2. The lowest BCUT2D eigenvalue weighted by atomic mass is 9.62. The number of ether oxygens (including phenoxy) is 1. The molecule has 2 saturated heterocycles. The van der Waals surface area contributed by atoms with Crippen LogP contribution < -0.4 is 5.32 Å². The number of nitrogens with zero attached hydrogens (tertiary/aromatic N) is 1. The maximum absolute atomic E-state index is 14.8. The van der Waals surface area contributed by atoms with Crippen LogP contribution in [0.4, 0.5) is 17.6 Å². The van der Waals surface area contributed by atoms with Crippen molar-refractivity contribution in [1.82, 2.24) is 10.2 Å². The summed E-state index contributed by atoms with van der Waals surface area (Å²) in [5, 5.41) is 2.98. The zero-order valence-corrected chi connectivity index (χ0v) is 19.8. The van der Waals surface area contributed by atoms with Crippen molar-refractivity contribution in [3.8, 4) is 0 Å². The van der Waals surface area contributed by atoms with Crippen LogP contribution >= 0.6 is 11.6 Å². The number of benzene rings is 2. The van der Waals surface area contributed by atoms with Crippen molar-refractivity contribution in [2.24, 2.45) is 5.41 Å². The molecular formula is C25H25ClF4N2O3. The Kier molecular flexibility index (Phi) is 6.85. The van der Waals surface area contributed by atoms with Crippen LogP contribution in [0.25, 0.3) is 0 Å². The molecule has 2 fully saturated rings. The van der Waals surface area contributed by atoms with Gasteiger partial charge in [-0.05, 0) is 30.4 Å². The van der Waals surface area contributed by atoms with E-state index in [0.717, 1.165) is 12.0 Å². The summed E-state index contributed by atoms with van der Waals surface area (Å²) in [6.45, 7) is 0.0768. The Morgan fingerprint density at radius 3 is 2.34 bits per heavy atom. The highest BCUT2D eigenvalue weighted by molar-refractivity contribution is 6.31. The quantitative estimate of drug-likeness (QED) is 0.599. The number of rotatable bonds is 4. The molecule has 2 atom stereocenters. The van der Waals surface area contributed by atoms with Crippen molar-refractivity contribution in [3.05, 3.63) is 70.5 Å². The maximum Gasteiger partial charge on any atom is 0.430 e. The van der Waals surface area contributed by atoms with E-state index in [1.165, 1.54) is 36.4 Å². The number of carbonyl (C=O) groups excluding carboxylic acids is 2. The van der Waals surface area contributed by atoms with Gasteiger partial charge in [-0.15, -0.1) is 0 Å². The van der Waals surface area contributed by atoms with Gasteiger partial charge in [0, 0.05) is 55.2 Å². The zero-order valence-electron chi connectivity index (χ0n) is 19.0. The van der Waals surface area contributed by atoms with Crippen LogP contribution in [0, 0.1) is 11.2 Å². The Labute approximate surface area is 205 Å². The van der Waals surface area contributed by atoms with Crippen LogP contribution in [0.1, 0.15) is 36.3 Å². The Hall–Kier alpha value is -2.65. The molecule has 4 rings (SSSR count). The Morgan fingerprint density at radius 1 is 1.11 bits per heavy atom. The van der Waals surface area contributed by atoms with Gasteiger partial charge < -0.3 is 15.0 Å². The third kappa shape index (κ3) is 4.29. The molecule has 2 aliphatic rings. The van der Waals surface area contributed by atoms with Gasteiger partial charge in [0.05, 0.1) is 0 Å². The normalized spacial score (nSPS) is 21.9. The zero-order chi connectivity index (χ0) is 25.4. The van der Waals surface area contributed by atoms with E-state index in [9.17, 15) is 27.2 Å². The number of amides is 2. The van der Waals surface area contributed by atoms with Gasteiger partial charge in [0.2, 0.25) is 5.91 Å². The van der Waals surface area contributed by atoms with E-state index in [1.54, 1.807) is 12.1 Å². The third-order valence-corrected chi connectivity index (χ3v) is 7.67. The summed E-state index contributed by atoms with van der Waals surface area (Å²) in [6, 6.07) is 11.1. The van der Waals surface area contributed by atoms with Gasteiger partial charge >= 0.3 is 6.18 Å². The van der Waals surface area contributed by atoms with Crippen LogP contribution in [0.5, 0.6) is 0 Å². The number of nitrogens with one attached hydrogen (secondary N) is 1. The van der Waals surface area contributed by atoms with E-state index >= 15 is 0 Å². The topological polar surface area (TPSA) is 58.6 Å². The molecule has 2 aromatic carbocycles. The number of halogens is 5. The van der Waals surface area contributed by atoms with E-state index in [1.807, 2.05) is 0 Å². The fraction of sp³-hybridized carbons (Fsp3) is 0.440. The van der Waals surface area contributed by atoms with E-state index in [0.29, 0.717) is 0 Å². The van der Waals surface area contributed by atoms with Crippen molar-refractivity contribution >= 4 is 23.4 Å². The molecule has 188 valence electrons. The number of hydrogen-bond acceptors (Lipinski definition) is 3. The van der Waals surface area contributed by atoms with Gasteiger partial charge in [0.1, 0.15) is 5.82 Å². The minimum atomic E-state index is -5.01. The fourth-order valence-electron chi connectivity index (χ4n) is 5.49. The summed E-state index contributed by atoms with van der Waals surface area (Å²) in [7, 11) is 0.867. The van der Waals surface area contributed by atoms with Crippen LogP contribution in [0.3, 0.4) is 0 Å². The molecule has 1 N–H and O–H groups in total. The average molecular weight is 513 g/mol. The van der Waals surface area contributed by atoms with Crippen molar-refractivity contribution in [2.75, 3.05) is 26.7 Å². The smallest absolute Gasteiger partial charge is 0.356 e. The maximum atomic E-state index is 14.8. The predicted molar refractivity (Wildman–Crippen MR) is 121 cm³/mol. The summed E-state index contributed by atoms with van der Waals surface area (Å²) >= 11 is 6.32. The molecule has 2 aromatic rings. The van der Waals surface area contributed by atoms with E-state index < -0.39 is 34.8 Å². The van der Waals surface area contributed by atoms with Crippen molar-refractivity contribution < 1.29 is 31.9 Å². The van der Waals surface area contributed by atoms with E-state index in [2.05, 4.69) is 5.32 Å². The fourth-order valence-corrected chi connectivity index (χ4v) is 5.79. The first kappa shape index (κ1) is 25.4. The highest BCUT2D eigenvalue weighted by atomic mass is 35.5. The molecule has 5 nitrogen and oxygen atoms in total. The molecule has 0 aliphatic carbocycles. The lowest BCUT2D eigenvalue weighted by Gasteiger charge is -2.50. The summed E-state index contributed by atoms with van der Waals surface area (Å²) in [5.41, 5.74) is -3.93. The van der Waals surface area contributed by atoms with Gasteiger partial charge in [0.15, 0.2) is 0 Å². The molecular weight excluding hydrogens is 488 g/mol. The standard InChI is InChI=1S/C25H25ClF4N2O3/c1-35-24(25(28,29)30,16-6-3-2-4-7-16)22(34)32-12-10-23(11-13-32)14-20(33)31-15-17(23)21-18(26)8-5-9-19(21)27/h2-9,17H,10-15H2,1H3,(H,31,33)/t17-,24+/m0/s1. The Morgan fingerprint density at radius 2 is 1.77 bits per heavy atom. The second kappa shape index (κ2) is 9.43. The summed E-state index contributed by atoms with van der Waals surface area (Å²) in [6.07, 6.45) is -4.51. The highest BCUT2D eigenvalue weighted by Gasteiger charge is 2.64. The van der Waals surface area contributed by atoms with Crippen LogP contribution in [-0.4, -0.2) is 49.6 Å². The minimum Gasteiger partial charge on any atom is -0.356 e. The molecule has 0 unspecified atom stereocenters. The number of likely N-dealkylation sites (tertiary alicyclic amines) is 1. The summed E-state index contributed by atoms with van der Waals surface area (Å²) in [4.78, 5) is 26.9. The molecule has 2 amide bonds. The molecule has 10 heteroatoms. The largest absolute Gasteiger partial charge is 0.430 e. The van der Waals surface area contributed by atoms with Crippen molar-refractivity contribution in [2.45, 2.75) is 37.0 Å². The SMILES string of the molecule is CO[C@@](C(=O)N1CCC2(CC1)CC(=O)NC[C@H]2c1c(F)cccc1Cl)(c1ccccc1)C(F)(F)F. The summed E-state index contributed by atoms with van der Waals surface area (Å²) in [5.74, 6) is -2.42. The van der Waals surface area contributed by atoms with Crippen molar-refractivity contribution in [3.63, 3.8) is 0 Å². The number of methoxy groups -OCH3 is 1. The second-order valence-corrected chi connectivity index (χ2v) is 9.48. The summed E-state index contributed by atoms with van der Waals surface area (Å²) < 4.78 is 62.8. The van der Waals surface area contributed by atoms with Gasteiger partial charge in [-0.25, -0.2) is 4.39 Å². The first-order chi connectivity index (χ1) is 16.6. The minimum absolute atomic E-state index is 0.0390. The first-order valence-corrected chi connectivity index (χ1v) is 11.6. The molecule has 0 radical (unpaired) electrons. The van der Waals surface area contributed by atoms with Gasteiger partial charge in [0.25, 0.3) is 11.5 Å². The van der Waals surface area contributed by atoms with Crippen LogP contribution in [0.2, 0.25) is 5.02 Å². The van der Waals surface area contributed by atoms with E-state index in [4.69, 9.17) is 16.3 Å². The van der Waals surface area contributed by atoms with Crippen molar-refractivity contribution in [1.29, 1.82) is 0 Å². The first-order valence-electron chi connectivity index (χ1n) is 11.2. The molecule has 2 aliphatic heterocycles. The monoisotopic (exact) mass is 512 g/mol. The molecule has 2 heterocycles. The molecule has 1 spiro atoms. The van der Waals surface area contributed by atoms with Crippen LogP contribution in [0.15, 0.2) is 48.5 Å². The van der Waals surface area contributed by atoms with Gasteiger partial charge in [-0.2, -0.15) is 13.2 Å².